The van der Waals surface area contributed by atoms with Crippen molar-refractivity contribution in [3.63, 3.8) is 0 Å². The van der Waals surface area contributed by atoms with Crippen LogP contribution in [-0.2, 0) is 11.3 Å². The second-order valence-corrected chi connectivity index (χ2v) is 6.60. The molecule has 0 heterocycles. The third-order valence-corrected chi connectivity index (χ3v) is 4.55. The minimum absolute atomic E-state index is 0.101. The van der Waals surface area contributed by atoms with Crippen molar-refractivity contribution in [1.82, 2.24) is 10.2 Å². The van der Waals surface area contributed by atoms with Gasteiger partial charge in [-0.15, -0.1) is 0 Å². The van der Waals surface area contributed by atoms with Crippen LogP contribution in [0.25, 0.3) is 0 Å². The van der Waals surface area contributed by atoms with Crippen molar-refractivity contribution in [3.8, 4) is 0 Å². The summed E-state index contributed by atoms with van der Waals surface area (Å²) < 4.78 is 0. The lowest BCUT2D eigenvalue weighted by Gasteiger charge is -2.23. The van der Waals surface area contributed by atoms with Crippen molar-refractivity contribution in [1.29, 1.82) is 0 Å². The van der Waals surface area contributed by atoms with Gasteiger partial charge in [-0.3, -0.25) is 4.79 Å². The number of amides is 1. The second kappa shape index (κ2) is 7.60. The van der Waals surface area contributed by atoms with Gasteiger partial charge < -0.3 is 10.2 Å². The van der Waals surface area contributed by atoms with Crippen LogP contribution in [0.5, 0.6) is 0 Å². The van der Waals surface area contributed by atoms with Crippen LogP contribution < -0.4 is 5.32 Å². The van der Waals surface area contributed by atoms with Gasteiger partial charge in [0.2, 0.25) is 5.91 Å². The standard InChI is InChI=1S/C18H28N2O/c1-18(11-6-7-12-18)17(21)19-13-8-14-20(2)15-16-9-4-3-5-10-16/h3-5,9-10H,6-8,11-15H2,1-2H3,(H,19,21). The molecule has 0 atom stereocenters. The quantitative estimate of drug-likeness (QED) is 0.781. The van der Waals surface area contributed by atoms with E-state index in [1.165, 1.54) is 18.4 Å². The maximum Gasteiger partial charge on any atom is 0.225 e. The molecule has 0 aliphatic heterocycles. The lowest BCUT2D eigenvalue weighted by atomic mass is 9.88. The first-order chi connectivity index (χ1) is 10.1. The molecule has 1 aliphatic carbocycles. The van der Waals surface area contributed by atoms with E-state index in [0.29, 0.717) is 0 Å². The van der Waals surface area contributed by atoms with E-state index in [0.717, 1.165) is 38.9 Å². The molecule has 0 saturated heterocycles. The van der Waals surface area contributed by atoms with Crippen molar-refractivity contribution in [2.24, 2.45) is 5.41 Å². The number of benzene rings is 1. The van der Waals surface area contributed by atoms with E-state index in [1.807, 2.05) is 6.07 Å². The first kappa shape index (κ1) is 16.0. The zero-order valence-electron chi connectivity index (χ0n) is 13.4. The molecule has 1 N–H and O–H groups in total. The number of rotatable bonds is 7. The Morgan fingerprint density at radius 3 is 2.57 bits per heavy atom. The molecule has 1 aromatic carbocycles. The Labute approximate surface area is 128 Å². The summed E-state index contributed by atoms with van der Waals surface area (Å²) in [4.78, 5) is 14.5. The number of nitrogens with zero attached hydrogens (tertiary/aromatic N) is 1. The third-order valence-electron chi connectivity index (χ3n) is 4.55. The van der Waals surface area contributed by atoms with Gasteiger partial charge in [0.05, 0.1) is 0 Å². The zero-order valence-corrected chi connectivity index (χ0v) is 13.4. The number of nitrogens with one attached hydrogen (secondary N) is 1. The molecule has 1 amide bonds. The van der Waals surface area contributed by atoms with E-state index in [9.17, 15) is 4.79 Å². The average Bonchev–Trinajstić information content (AvgIpc) is 2.92. The van der Waals surface area contributed by atoms with Gasteiger partial charge in [0.25, 0.3) is 0 Å². The van der Waals surface area contributed by atoms with Gasteiger partial charge >= 0.3 is 0 Å². The molecule has 0 radical (unpaired) electrons. The Hall–Kier alpha value is -1.35. The van der Waals surface area contributed by atoms with Crippen molar-refractivity contribution < 1.29 is 4.79 Å². The Morgan fingerprint density at radius 2 is 1.90 bits per heavy atom. The van der Waals surface area contributed by atoms with Crippen molar-refractivity contribution in [2.75, 3.05) is 20.1 Å². The lowest BCUT2D eigenvalue weighted by molar-refractivity contribution is -0.129. The van der Waals surface area contributed by atoms with E-state index in [4.69, 9.17) is 0 Å². The Bertz CT molecular complexity index is 438. The molecule has 116 valence electrons. The molecule has 21 heavy (non-hydrogen) atoms. The van der Waals surface area contributed by atoms with Crippen LogP contribution in [-0.4, -0.2) is 30.9 Å². The summed E-state index contributed by atoms with van der Waals surface area (Å²) in [5, 5.41) is 3.12. The van der Waals surface area contributed by atoms with Gasteiger partial charge in [-0.05, 0) is 38.4 Å². The molecular formula is C18H28N2O. The number of hydrogen-bond acceptors (Lipinski definition) is 2. The summed E-state index contributed by atoms with van der Waals surface area (Å²) in [7, 11) is 2.13. The highest BCUT2D eigenvalue weighted by Gasteiger charge is 2.35. The molecule has 1 aliphatic rings. The summed E-state index contributed by atoms with van der Waals surface area (Å²) in [5.74, 6) is 0.255. The molecule has 1 aromatic rings. The highest BCUT2D eigenvalue weighted by atomic mass is 16.2. The molecule has 0 spiro atoms. The average molecular weight is 288 g/mol. The molecule has 0 bridgehead atoms. The summed E-state index contributed by atoms with van der Waals surface area (Å²) in [6.07, 6.45) is 5.50. The number of carbonyl (C=O) groups excluding carboxylic acids is 1. The molecule has 0 unspecified atom stereocenters. The molecule has 1 saturated carbocycles. The topological polar surface area (TPSA) is 32.3 Å². The fourth-order valence-electron chi connectivity index (χ4n) is 3.12. The normalized spacial score (nSPS) is 17.1. The maximum atomic E-state index is 12.2. The minimum Gasteiger partial charge on any atom is -0.356 e. The van der Waals surface area contributed by atoms with Crippen LogP contribution in [0.2, 0.25) is 0 Å². The number of carbonyl (C=O) groups is 1. The molecule has 2 rings (SSSR count). The predicted molar refractivity (Wildman–Crippen MR) is 87.0 cm³/mol. The van der Waals surface area contributed by atoms with Crippen molar-refractivity contribution in [2.45, 2.75) is 45.6 Å². The van der Waals surface area contributed by atoms with Crippen LogP contribution in [0.4, 0.5) is 0 Å². The van der Waals surface area contributed by atoms with Gasteiger partial charge in [-0.2, -0.15) is 0 Å². The van der Waals surface area contributed by atoms with Gasteiger partial charge in [0, 0.05) is 18.5 Å². The van der Waals surface area contributed by atoms with Crippen LogP contribution in [0.15, 0.2) is 30.3 Å². The van der Waals surface area contributed by atoms with Gasteiger partial charge in [-0.25, -0.2) is 0 Å². The summed E-state index contributed by atoms with van der Waals surface area (Å²) in [5.41, 5.74) is 1.23. The van der Waals surface area contributed by atoms with Crippen LogP contribution in [0, 0.1) is 5.41 Å². The SMILES string of the molecule is CN(CCCNC(=O)C1(C)CCCC1)Cc1ccccc1. The largest absolute Gasteiger partial charge is 0.356 e. The third kappa shape index (κ3) is 4.85. The van der Waals surface area contributed by atoms with Gasteiger partial charge in [0.15, 0.2) is 0 Å². The van der Waals surface area contributed by atoms with E-state index >= 15 is 0 Å². The Morgan fingerprint density at radius 1 is 1.24 bits per heavy atom. The molecule has 3 heteroatoms. The smallest absolute Gasteiger partial charge is 0.225 e. The fraction of sp³-hybridized carbons (Fsp3) is 0.611. The van der Waals surface area contributed by atoms with Crippen LogP contribution in [0.3, 0.4) is 0 Å². The second-order valence-electron chi connectivity index (χ2n) is 6.60. The predicted octanol–water partition coefficient (Wildman–Crippen LogP) is 3.21. The summed E-state index contributed by atoms with van der Waals surface area (Å²) in [6, 6.07) is 10.5. The maximum absolute atomic E-state index is 12.2. The number of hydrogen-bond donors (Lipinski definition) is 1. The summed E-state index contributed by atoms with van der Waals surface area (Å²) >= 11 is 0. The van der Waals surface area contributed by atoms with Crippen LogP contribution >= 0.6 is 0 Å². The molecule has 3 nitrogen and oxygen atoms in total. The first-order valence-corrected chi connectivity index (χ1v) is 8.11. The first-order valence-electron chi connectivity index (χ1n) is 8.11. The van der Waals surface area contributed by atoms with Gasteiger partial charge in [-0.1, -0.05) is 50.1 Å². The van der Waals surface area contributed by atoms with Crippen molar-refractivity contribution in [3.05, 3.63) is 35.9 Å². The van der Waals surface area contributed by atoms with Gasteiger partial charge in [0.1, 0.15) is 0 Å². The Balaban J connectivity index is 1.62. The minimum atomic E-state index is -0.101. The Kier molecular flexibility index (Phi) is 5.80. The molecular weight excluding hydrogens is 260 g/mol. The van der Waals surface area contributed by atoms with Crippen LogP contribution in [0.1, 0.15) is 44.6 Å². The van der Waals surface area contributed by atoms with E-state index in [1.54, 1.807) is 0 Å². The lowest BCUT2D eigenvalue weighted by Crippen LogP contribution is -2.38. The monoisotopic (exact) mass is 288 g/mol. The van der Waals surface area contributed by atoms with E-state index in [-0.39, 0.29) is 11.3 Å². The zero-order chi connectivity index (χ0) is 15.1. The highest BCUT2D eigenvalue weighted by molar-refractivity contribution is 5.82. The van der Waals surface area contributed by atoms with E-state index < -0.39 is 0 Å². The van der Waals surface area contributed by atoms with E-state index in [2.05, 4.69) is 48.5 Å². The molecule has 1 fully saturated rings. The van der Waals surface area contributed by atoms with Crippen molar-refractivity contribution >= 4 is 5.91 Å². The highest BCUT2D eigenvalue weighted by Crippen LogP contribution is 2.37. The summed E-state index contributed by atoms with van der Waals surface area (Å²) in [6.45, 7) is 4.86. The molecule has 0 aromatic heterocycles. The fourth-order valence-corrected chi connectivity index (χ4v) is 3.12.